The minimum Gasteiger partial charge on any atom is -0.391 e. The Morgan fingerprint density at radius 2 is 1.78 bits per heavy atom. The van der Waals surface area contributed by atoms with Crippen molar-refractivity contribution in [2.45, 2.75) is 64.9 Å². The smallest absolute Gasteiger partial charge is 0.274 e. The number of thiazole rings is 1. The summed E-state index contributed by atoms with van der Waals surface area (Å²) in [6.07, 6.45) is -1.34. The lowest BCUT2D eigenvalue weighted by Crippen LogP contribution is -2.58. The molecular formula is C30H37N7O7S. The summed E-state index contributed by atoms with van der Waals surface area (Å²) in [5.74, 6) is -3.14. The number of amides is 5. The van der Waals surface area contributed by atoms with Gasteiger partial charge in [-0.2, -0.15) is 0 Å². The molecule has 5 N–H and O–H groups in total. The zero-order valence-electron chi connectivity index (χ0n) is 25.4. The summed E-state index contributed by atoms with van der Waals surface area (Å²) < 4.78 is 5.34. The first-order chi connectivity index (χ1) is 21.4. The SMILES string of the molecule is CC(C)[C@@H]1NC(=O)[C@H](C)NC(=O)[C@H]([C@@H](C)O)NC(=O)c2cc(on2)CN(C(=O)Cc2csc(-c3ccccc3)n2)CCNC1=O. The molecule has 2 bridgehead atoms. The van der Waals surface area contributed by atoms with E-state index in [-0.39, 0.29) is 49.3 Å². The number of aliphatic hydroxyl groups is 1. The van der Waals surface area contributed by atoms with E-state index in [0.29, 0.717) is 5.69 Å². The molecule has 0 spiro atoms. The molecular weight excluding hydrogens is 602 g/mol. The van der Waals surface area contributed by atoms with Crippen LogP contribution in [-0.4, -0.2) is 87.0 Å². The fraction of sp³-hybridized carbons (Fsp3) is 0.433. The van der Waals surface area contributed by atoms with Crippen LogP contribution >= 0.6 is 11.3 Å². The maximum Gasteiger partial charge on any atom is 0.274 e. The fourth-order valence-corrected chi connectivity index (χ4v) is 5.39. The van der Waals surface area contributed by atoms with Crippen molar-refractivity contribution in [1.82, 2.24) is 36.3 Å². The lowest BCUT2D eigenvalue weighted by atomic mass is 10.0. The molecule has 0 unspecified atom stereocenters. The van der Waals surface area contributed by atoms with Crippen molar-refractivity contribution < 1.29 is 33.6 Å². The average Bonchev–Trinajstić information content (AvgIpc) is 3.67. The standard InChI is InChI=1S/C30H37N7O7S/c1-16(2)24-28(42)31-10-11-37(23(39)12-20-15-45-30(33-20)19-8-6-5-7-9-19)14-21-13-22(36-44-21)27(41)35-25(18(4)38)29(43)32-17(3)26(40)34-24/h5-9,13,15-18,24-25,38H,10-12,14H2,1-4H3,(H,31,42)(H,32,43)(H,34,40)(H,35,41)/t17-,18+,24-,25-/m0/s1. The molecule has 240 valence electrons. The highest BCUT2D eigenvalue weighted by Gasteiger charge is 2.32. The maximum absolute atomic E-state index is 13.5. The third-order valence-electron chi connectivity index (χ3n) is 7.13. The highest BCUT2D eigenvalue weighted by molar-refractivity contribution is 7.13. The van der Waals surface area contributed by atoms with E-state index >= 15 is 0 Å². The van der Waals surface area contributed by atoms with Crippen molar-refractivity contribution in [3.05, 3.63) is 58.9 Å². The highest BCUT2D eigenvalue weighted by Crippen LogP contribution is 2.24. The first kappa shape index (κ1) is 33.3. The molecule has 0 saturated carbocycles. The van der Waals surface area contributed by atoms with Gasteiger partial charge in [-0.25, -0.2) is 4.98 Å². The molecule has 0 aliphatic carbocycles. The topological polar surface area (TPSA) is 196 Å². The maximum atomic E-state index is 13.5. The molecule has 1 aromatic carbocycles. The summed E-state index contributed by atoms with van der Waals surface area (Å²) in [6, 6.07) is 7.47. The van der Waals surface area contributed by atoms with E-state index in [1.165, 1.54) is 36.2 Å². The van der Waals surface area contributed by atoms with Gasteiger partial charge in [0, 0.05) is 30.1 Å². The molecule has 4 rings (SSSR count). The molecule has 45 heavy (non-hydrogen) atoms. The van der Waals surface area contributed by atoms with Crippen LogP contribution in [0.15, 0.2) is 46.3 Å². The van der Waals surface area contributed by atoms with Crippen molar-refractivity contribution in [3.8, 4) is 10.6 Å². The van der Waals surface area contributed by atoms with E-state index in [0.717, 1.165) is 10.6 Å². The van der Waals surface area contributed by atoms with Crippen LogP contribution in [0.4, 0.5) is 0 Å². The van der Waals surface area contributed by atoms with E-state index in [9.17, 15) is 29.1 Å². The van der Waals surface area contributed by atoms with Gasteiger partial charge < -0.3 is 35.8 Å². The van der Waals surface area contributed by atoms with Crippen molar-refractivity contribution in [2.24, 2.45) is 5.92 Å². The van der Waals surface area contributed by atoms with E-state index in [1.807, 2.05) is 35.7 Å². The second-order valence-corrected chi connectivity index (χ2v) is 12.0. The summed E-state index contributed by atoms with van der Waals surface area (Å²) in [6.45, 7) is 6.30. The predicted molar refractivity (Wildman–Crippen MR) is 163 cm³/mol. The number of hydrogen-bond donors (Lipinski definition) is 5. The van der Waals surface area contributed by atoms with Crippen LogP contribution in [0.2, 0.25) is 0 Å². The van der Waals surface area contributed by atoms with E-state index < -0.39 is 47.9 Å². The Morgan fingerprint density at radius 1 is 1.04 bits per heavy atom. The first-order valence-corrected chi connectivity index (χ1v) is 15.4. The Balaban J connectivity index is 1.58. The fourth-order valence-electron chi connectivity index (χ4n) is 4.57. The van der Waals surface area contributed by atoms with Crippen molar-refractivity contribution >= 4 is 40.9 Å². The second kappa shape index (κ2) is 14.9. The number of benzene rings is 1. The lowest BCUT2D eigenvalue weighted by molar-refractivity contribution is -0.134. The van der Waals surface area contributed by atoms with Crippen LogP contribution in [0.5, 0.6) is 0 Å². The summed E-state index contributed by atoms with van der Waals surface area (Å²) in [4.78, 5) is 71.4. The van der Waals surface area contributed by atoms with Crippen LogP contribution < -0.4 is 21.3 Å². The number of nitrogens with zero attached hydrogens (tertiary/aromatic N) is 3. The molecule has 2 aromatic heterocycles. The van der Waals surface area contributed by atoms with Gasteiger partial charge in [-0.3, -0.25) is 24.0 Å². The largest absolute Gasteiger partial charge is 0.391 e. The van der Waals surface area contributed by atoms with Gasteiger partial charge in [-0.05, 0) is 19.8 Å². The van der Waals surface area contributed by atoms with Gasteiger partial charge in [0.1, 0.15) is 23.1 Å². The quantitative estimate of drug-likeness (QED) is 0.266. The number of rotatable bonds is 5. The van der Waals surface area contributed by atoms with Crippen LogP contribution in [0.25, 0.3) is 10.6 Å². The zero-order valence-corrected chi connectivity index (χ0v) is 26.2. The summed E-state index contributed by atoms with van der Waals surface area (Å²) in [5.41, 5.74) is 1.33. The highest BCUT2D eigenvalue weighted by atomic mass is 32.1. The van der Waals surface area contributed by atoms with Crippen molar-refractivity contribution in [1.29, 1.82) is 0 Å². The van der Waals surface area contributed by atoms with Gasteiger partial charge in [0.2, 0.25) is 23.6 Å². The van der Waals surface area contributed by atoms with E-state index in [2.05, 4.69) is 31.4 Å². The monoisotopic (exact) mass is 639 g/mol. The van der Waals surface area contributed by atoms with Crippen LogP contribution in [0, 0.1) is 5.92 Å². The van der Waals surface area contributed by atoms with E-state index in [1.54, 1.807) is 13.8 Å². The molecule has 3 heterocycles. The average molecular weight is 640 g/mol. The van der Waals surface area contributed by atoms with Gasteiger partial charge in [0.15, 0.2) is 11.5 Å². The summed E-state index contributed by atoms with van der Waals surface area (Å²) in [5, 5.41) is 26.9. The minimum absolute atomic E-state index is 0.0213. The van der Waals surface area contributed by atoms with Gasteiger partial charge in [0.25, 0.3) is 5.91 Å². The van der Waals surface area contributed by atoms with Crippen LogP contribution in [0.3, 0.4) is 0 Å². The normalized spacial score (nSPS) is 21.2. The molecule has 0 fully saturated rings. The van der Waals surface area contributed by atoms with Crippen molar-refractivity contribution in [2.75, 3.05) is 13.1 Å². The van der Waals surface area contributed by atoms with Crippen molar-refractivity contribution in [3.63, 3.8) is 0 Å². The second-order valence-electron chi connectivity index (χ2n) is 11.1. The Labute approximate surface area is 263 Å². The van der Waals surface area contributed by atoms with Gasteiger partial charge in [-0.15, -0.1) is 11.3 Å². The molecule has 0 radical (unpaired) electrons. The van der Waals surface area contributed by atoms with E-state index in [4.69, 9.17) is 4.52 Å². The molecule has 1 aliphatic rings. The molecule has 1 aliphatic heterocycles. The molecule has 3 aromatic rings. The molecule has 5 amide bonds. The number of nitrogens with one attached hydrogen (secondary N) is 4. The zero-order chi connectivity index (χ0) is 32.7. The first-order valence-electron chi connectivity index (χ1n) is 14.5. The third kappa shape index (κ3) is 8.73. The minimum atomic E-state index is -1.42. The number of aliphatic hydroxyl groups excluding tert-OH is 1. The Bertz CT molecular complexity index is 1520. The van der Waals surface area contributed by atoms with Gasteiger partial charge >= 0.3 is 0 Å². The van der Waals surface area contributed by atoms with Gasteiger partial charge in [-0.1, -0.05) is 49.3 Å². The number of fused-ring (bicyclic) bond motifs is 2. The molecule has 15 heteroatoms. The lowest BCUT2D eigenvalue weighted by Gasteiger charge is -2.26. The number of carbonyl (C=O) groups is 5. The van der Waals surface area contributed by atoms with Crippen LogP contribution in [-0.2, 0) is 32.1 Å². The summed E-state index contributed by atoms with van der Waals surface area (Å²) in [7, 11) is 0. The Morgan fingerprint density at radius 3 is 2.47 bits per heavy atom. The number of hydrogen-bond acceptors (Lipinski definition) is 10. The Hall–Kier alpha value is -4.63. The molecule has 0 saturated heterocycles. The third-order valence-corrected chi connectivity index (χ3v) is 8.07. The predicted octanol–water partition coefficient (Wildman–Crippen LogP) is 0.624. The number of carbonyl (C=O) groups excluding carboxylic acids is 5. The summed E-state index contributed by atoms with van der Waals surface area (Å²) >= 11 is 1.42. The Kier molecular flexibility index (Phi) is 11.0. The molecule has 4 atom stereocenters. The number of aromatic nitrogens is 2. The van der Waals surface area contributed by atoms with Gasteiger partial charge in [0.05, 0.1) is 24.8 Å². The van der Waals surface area contributed by atoms with Crippen LogP contribution in [0.1, 0.15) is 49.6 Å². The molecule has 14 nitrogen and oxygen atoms in total.